The third kappa shape index (κ3) is 4.27. The highest BCUT2D eigenvalue weighted by atomic mass is 19.4. The maximum Gasteiger partial charge on any atom is 0.434 e. The molecule has 0 spiro atoms. The summed E-state index contributed by atoms with van der Waals surface area (Å²) < 4.78 is 69.0. The topological polar surface area (TPSA) is 90.8 Å². The number of halogens is 5. The number of nitrogens with one attached hydrogen (secondary N) is 1. The number of rotatable bonds is 5. The highest BCUT2D eigenvalue weighted by molar-refractivity contribution is 5.97. The fourth-order valence-electron chi connectivity index (χ4n) is 3.20. The molecule has 2 heterocycles. The van der Waals surface area contributed by atoms with Crippen LogP contribution in [0.2, 0.25) is 0 Å². The Morgan fingerprint density at radius 1 is 1.03 bits per heavy atom. The summed E-state index contributed by atoms with van der Waals surface area (Å²) in [4.78, 5) is 15.4. The average molecular weight is 462 g/mol. The van der Waals surface area contributed by atoms with Gasteiger partial charge in [0.1, 0.15) is 11.5 Å². The molecular weight excluding hydrogens is 447 g/mol. The molecule has 7 nitrogen and oxygen atoms in total. The number of benzene rings is 2. The maximum absolute atomic E-state index is 14.1. The highest BCUT2D eigenvalue weighted by Gasteiger charge is 2.34. The lowest BCUT2D eigenvalue weighted by atomic mass is 10.2. The van der Waals surface area contributed by atoms with Crippen molar-refractivity contribution in [3.05, 3.63) is 77.9 Å². The summed E-state index contributed by atoms with van der Waals surface area (Å²) in [5.41, 5.74) is 4.49. The van der Waals surface area contributed by atoms with E-state index in [1.54, 1.807) is 0 Å². The minimum Gasteiger partial charge on any atom is -0.364 e. The fourth-order valence-corrected chi connectivity index (χ4v) is 3.20. The average Bonchev–Trinajstić information content (AvgIpc) is 3.32. The number of primary amides is 1. The van der Waals surface area contributed by atoms with Gasteiger partial charge in [0.25, 0.3) is 5.91 Å². The van der Waals surface area contributed by atoms with Crippen LogP contribution in [0.1, 0.15) is 16.2 Å². The van der Waals surface area contributed by atoms with E-state index in [9.17, 15) is 26.7 Å². The summed E-state index contributed by atoms with van der Waals surface area (Å²) in [5.74, 6) is -2.61. The summed E-state index contributed by atoms with van der Waals surface area (Å²) in [6, 6.07) is 9.37. The number of imidazole rings is 1. The zero-order chi connectivity index (χ0) is 23.9. The van der Waals surface area contributed by atoms with Gasteiger partial charge in [0.05, 0.1) is 11.9 Å². The molecule has 1 amide bonds. The van der Waals surface area contributed by atoms with E-state index in [4.69, 9.17) is 5.73 Å². The summed E-state index contributed by atoms with van der Waals surface area (Å²) in [6.45, 7) is 0. The second kappa shape index (κ2) is 8.04. The minimum absolute atomic E-state index is 0.0780. The van der Waals surface area contributed by atoms with E-state index in [-0.39, 0.29) is 17.2 Å². The first-order valence-electron chi connectivity index (χ1n) is 9.36. The molecule has 170 valence electrons. The number of nitrogens with two attached hydrogens (primary N) is 1. The molecule has 0 saturated heterocycles. The van der Waals surface area contributed by atoms with Crippen LogP contribution in [0.3, 0.4) is 0 Å². The van der Waals surface area contributed by atoms with Crippen molar-refractivity contribution in [2.45, 2.75) is 6.18 Å². The summed E-state index contributed by atoms with van der Waals surface area (Å²) >= 11 is 0. The molecule has 3 N–H and O–H groups in total. The molecule has 0 bridgehead atoms. The Kier molecular flexibility index (Phi) is 5.36. The first-order valence-corrected chi connectivity index (χ1v) is 9.36. The number of para-hydroxylation sites is 1. The van der Waals surface area contributed by atoms with E-state index < -0.39 is 35.1 Å². The number of carbonyl (C=O) groups excluding carboxylic acids is 1. The number of anilines is 2. The molecule has 4 aromatic rings. The van der Waals surface area contributed by atoms with E-state index in [0.29, 0.717) is 11.3 Å². The van der Waals surface area contributed by atoms with Crippen molar-refractivity contribution in [2.75, 3.05) is 5.32 Å². The number of carbonyl (C=O) groups is 1. The van der Waals surface area contributed by atoms with E-state index in [0.717, 1.165) is 23.0 Å². The number of nitrogens with zero attached hydrogens (tertiary/aromatic N) is 4. The number of hydrogen-bond donors (Lipinski definition) is 2. The molecule has 0 fully saturated rings. The molecule has 33 heavy (non-hydrogen) atoms. The highest BCUT2D eigenvalue weighted by Crippen LogP contribution is 2.31. The SMILES string of the molecule is Cn1cc(C(F)(F)F)nc1-c1ccc(Nc2cn(-c3c(F)cccc3F)nc2C(N)=O)cc1. The van der Waals surface area contributed by atoms with Gasteiger partial charge in [-0.3, -0.25) is 4.79 Å². The first kappa shape index (κ1) is 22.0. The molecule has 4 rings (SSSR count). The van der Waals surface area contributed by atoms with Crippen molar-refractivity contribution in [3.63, 3.8) is 0 Å². The number of alkyl halides is 3. The Balaban J connectivity index is 1.64. The molecule has 0 aliphatic carbocycles. The smallest absolute Gasteiger partial charge is 0.364 e. The van der Waals surface area contributed by atoms with E-state index in [2.05, 4.69) is 15.4 Å². The van der Waals surface area contributed by atoms with Crippen LogP contribution in [0.5, 0.6) is 0 Å². The normalized spacial score (nSPS) is 11.6. The van der Waals surface area contributed by atoms with Gasteiger partial charge in [-0.2, -0.15) is 18.3 Å². The Bertz CT molecular complexity index is 1320. The quantitative estimate of drug-likeness (QED) is 0.430. The van der Waals surface area contributed by atoms with Gasteiger partial charge in [-0.25, -0.2) is 18.4 Å². The number of aryl methyl sites for hydroxylation is 1. The second-order valence-corrected chi connectivity index (χ2v) is 7.03. The van der Waals surface area contributed by atoms with Crippen molar-refractivity contribution in [2.24, 2.45) is 12.8 Å². The molecule has 2 aromatic carbocycles. The maximum atomic E-state index is 14.1. The van der Waals surface area contributed by atoms with Gasteiger partial charge < -0.3 is 15.6 Å². The lowest BCUT2D eigenvalue weighted by Crippen LogP contribution is -2.14. The first-order chi connectivity index (χ1) is 15.5. The zero-order valence-electron chi connectivity index (χ0n) is 16.9. The van der Waals surface area contributed by atoms with Gasteiger partial charge in [-0.1, -0.05) is 6.07 Å². The Morgan fingerprint density at radius 2 is 1.67 bits per heavy atom. The van der Waals surface area contributed by atoms with Crippen molar-refractivity contribution >= 4 is 17.3 Å². The van der Waals surface area contributed by atoms with Crippen LogP contribution in [-0.4, -0.2) is 25.2 Å². The van der Waals surface area contributed by atoms with Crippen LogP contribution in [0.25, 0.3) is 17.1 Å². The van der Waals surface area contributed by atoms with Crippen LogP contribution in [0, 0.1) is 11.6 Å². The van der Waals surface area contributed by atoms with Gasteiger partial charge in [0, 0.05) is 24.5 Å². The minimum atomic E-state index is -4.57. The molecule has 0 saturated carbocycles. The van der Waals surface area contributed by atoms with Crippen LogP contribution in [0.15, 0.2) is 54.9 Å². The van der Waals surface area contributed by atoms with Crippen molar-refractivity contribution in [1.82, 2.24) is 19.3 Å². The standard InChI is InChI=1S/C21H15F5N6O/c1-31-10-16(21(24,25)26)29-20(31)11-5-7-12(8-6-11)28-15-9-32(30-17(15)19(27)33)18-13(22)3-2-4-14(18)23/h2-10,28H,1H3,(H2,27,33). The largest absolute Gasteiger partial charge is 0.434 e. The van der Waals surface area contributed by atoms with E-state index in [1.807, 2.05) is 0 Å². The van der Waals surface area contributed by atoms with Crippen LogP contribution in [-0.2, 0) is 13.2 Å². The summed E-state index contributed by atoms with van der Waals surface area (Å²) in [7, 11) is 1.44. The number of aromatic nitrogens is 4. The van der Waals surface area contributed by atoms with Gasteiger partial charge in [-0.15, -0.1) is 0 Å². The molecule has 0 atom stereocenters. The van der Waals surface area contributed by atoms with E-state index >= 15 is 0 Å². The lowest BCUT2D eigenvalue weighted by molar-refractivity contribution is -0.140. The second-order valence-electron chi connectivity index (χ2n) is 7.03. The monoisotopic (exact) mass is 462 g/mol. The van der Waals surface area contributed by atoms with Crippen molar-refractivity contribution < 1.29 is 26.7 Å². The van der Waals surface area contributed by atoms with Crippen LogP contribution >= 0.6 is 0 Å². The van der Waals surface area contributed by atoms with Gasteiger partial charge in [0.2, 0.25) is 0 Å². The Labute approximate surface area is 183 Å². The number of hydrogen-bond acceptors (Lipinski definition) is 4. The molecule has 0 unspecified atom stereocenters. The van der Waals surface area contributed by atoms with E-state index in [1.165, 1.54) is 48.1 Å². The predicted molar refractivity (Wildman–Crippen MR) is 109 cm³/mol. The molecular formula is C21H15F5N6O. The van der Waals surface area contributed by atoms with Gasteiger partial charge in [-0.05, 0) is 36.4 Å². The fraction of sp³-hybridized carbons (Fsp3) is 0.0952. The molecule has 0 radical (unpaired) electrons. The third-order valence-electron chi connectivity index (χ3n) is 4.70. The van der Waals surface area contributed by atoms with Gasteiger partial charge in [0.15, 0.2) is 23.0 Å². The summed E-state index contributed by atoms with van der Waals surface area (Å²) in [6.07, 6.45) is -2.48. The molecule has 0 aliphatic rings. The predicted octanol–water partition coefficient (Wildman–Crippen LogP) is 4.41. The van der Waals surface area contributed by atoms with Crippen LogP contribution in [0.4, 0.5) is 33.3 Å². The summed E-state index contributed by atoms with van der Waals surface area (Å²) in [5, 5.41) is 6.75. The van der Waals surface area contributed by atoms with Crippen LogP contribution < -0.4 is 11.1 Å². The molecule has 12 heteroatoms. The number of amides is 1. The lowest BCUT2D eigenvalue weighted by Gasteiger charge is -2.07. The molecule has 0 aliphatic heterocycles. The Morgan fingerprint density at radius 3 is 2.21 bits per heavy atom. The zero-order valence-corrected chi connectivity index (χ0v) is 16.9. The van der Waals surface area contributed by atoms with Gasteiger partial charge >= 0.3 is 6.18 Å². The van der Waals surface area contributed by atoms with Crippen molar-refractivity contribution in [3.8, 4) is 17.1 Å². The Hall–Kier alpha value is -4.22. The third-order valence-corrected chi connectivity index (χ3v) is 4.70. The van der Waals surface area contributed by atoms with Crippen molar-refractivity contribution in [1.29, 1.82) is 0 Å². The molecule has 2 aromatic heterocycles.